The second-order valence-electron chi connectivity index (χ2n) is 4.84. The summed E-state index contributed by atoms with van der Waals surface area (Å²) in [5, 5.41) is 14.2. The Morgan fingerprint density at radius 3 is 2.57 bits per heavy atom. The standard InChI is InChI=1S/C10H20N2O2/c1-10(2,3)12(9(13)14)7-8-5-4-6-11-8/h8,11H,4-7H2,1-3H3,(H,13,14)/p-1. The van der Waals surface area contributed by atoms with E-state index in [2.05, 4.69) is 5.32 Å². The fourth-order valence-electron chi connectivity index (χ4n) is 1.76. The lowest BCUT2D eigenvalue weighted by atomic mass is 10.1. The number of carbonyl (C=O) groups excluding carboxylic acids is 1. The van der Waals surface area contributed by atoms with Gasteiger partial charge in [0, 0.05) is 18.1 Å². The first-order valence-corrected chi connectivity index (χ1v) is 5.13. The van der Waals surface area contributed by atoms with E-state index >= 15 is 0 Å². The number of amides is 1. The maximum absolute atomic E-state index is 10.9. The minimum absolute atomic E-state index is 0.298. The molecule has 1 unspecified atom stereocenters. The molecule has 0 bridgehead atoms. The third-order valence-corrected chi connectivity index (χ3v) is 2.60. The monoisotopic (exact) mass is 199 g/mol. The second kappa shape index (κ2) is 4.17. The van der Waals surface area contributed by atoms with Gasteiger partial charge in [-0.1, -0.05) is 0 Å². The highest BCUT2D eigenvalue weighted by molar-refractivity contribution is 5.63. The van der Waals surface area contributed by atoms with Crippen LogP contribution in [0.5, 0.6) is 0 Å². The molecule has 1 fully saturated rings. The van der Waals surface area contributed by atoms with Gasteiger partial charge in [0.25, 0.3) is 0 Å². The van der Waals surface area contributed by atoms with Crippen molar-refractivity contribution in [3.63, 3.8) is 0 Å². The van der Waals surface area contributed by atoms with Gasteiger partial charge in [0.1, 0.15) is 6.09 Å². The first kappa shape index (κ1) is 11.3. The van der Waals surface area contributed by atoms with E-state index in [1.165, 1.54) is 4.90 Å². The highest BCUT2D eigenvalue weighted by Gasteiger charge is 2.25. The van der Waals surface area contributed by atoms with Crippen molar-refractivity contribution in [3.8, 4) is 0 Å². The van der Waals surface area contributed by atoms with Crippen LogP contribution in [0.4, 0.5) is 4.79 Å². The van der Waals surface area contributed by atoms with Crippen molar-refractivity contribution in [2.24, 2.45) is 0 Å². The number of hydrogen-bond acceptors (Lipinski definition) is 3. The van der Waals surface area contributed by atoms with E-state index in [-0.39, 0.29) is 5.54 Å². The van der Waals surface area contributed by atoms with Crippen molar-refractivity contribution in [2.45, 2.75) is 45.2 Å². The number of carbonyl (C=O) groups is 1. The summed E-state index contributed by atoms with van der Waals surface area (Å²) in [6.07, 6.45) is 1.11. The zero-order chi connectivity index (χ0) is 10.8. The summed E-state index contributed by atoms with van der Waals surface area (Å²) in [6, 6.07) is 0.298. The lowest BCUT2D eigenvalue weighted by Crippen LogP contribution is -2.55. The highest BCUT2D eigenvalue weighted by Crippen LogP contribution is 2.15. The Morgan fingerprint density at radius 1 is 1.57 bits per heavy atom. The lowest BCUT2D eigenvalue weighted by Gasteiger charge is -2.39. The van der Waals surface area contributed by atoms with Crippen molar-refractivity contribution in [1.82, 2.24) is 10.2 Å². The van der Waals surface area contributed by atoms with Crippen LogP contribution in [-0.2, 0) is 0 Å². The van der Waals surface area contributed by atoms with Crippen molar-refractivity contribution >= 4 is 6.09 Å². The molecule has 0 saturated carbocycles. The van der Waals surface area contributed by atoms with E-state index in [9.17, 15) is 9.90 Å². The van der Waals surface area contributed by atoms with Gasteiger partial charge < -0.3 is 20.1 Å². The fourth-order valence-corrected chi connectivity index (χ4v) is 1.76. The molecule has 1 aliphatic rings. The largest absolute Gasteiger partial charge is 0.530 e. The molecule has 1 N–H and O–H groups in total. The molecule has 0 spiro atoms. The Labute approximate surface area is 85.3 Å². The van der Waals surface area contributed by atoms with E-state index in [4.69, 9.17) is 0 Å². The predicted octanol–water partition coefficient (Wildman–Crippen LogP) is 0.182. The molecule has 0 aliphatic carbocycles. The van der Waals surface area contributed by atoms with Gasteiger partial charge in [-0.3, -0.25) is 0 Å². The topological polar surface area (TPSA) is 55.4 Å². The van der Waals surface area contributed by atoms with Gasteiger partial charge in [-0.25, -0.2) is 0 Å². The van der Waals surface area contributed by atoms with Crippen LogP contribution in [0.1, 0.15) is 33.6 Å². The minimum Gasteiger partial charge on any atom is -0.530 e. The van der Waals surface area contributed by atoms with Gasteiger partial charge in [-0.05, 0) is 40.2 Å². The molecular formula is C10H19N2O2-. The van der Waals surface area contributed by atoms with Crippen LogP contribution >= 0.6 is 0 Å². The summed E-state index contributed by atoms with van der Waals surface area (Å²) in [7, 11) is 0. The van der Waals surface area contributed by atoms with Crippen molar-refractivity contribution in [3.05, 3.63) is 0 Å². The SMILES string of the molecule is CC(C)(C)N(CC1CCCN1)C(=O)[O-]. The molecule has 0 aromatic heterocycles. The van der Waals surface area contributed by atoms with Gasteiger partial charge in [0.2, 0.25) is 0 Å². The zero-order valence-electron chi connectivity index (χ0n) is 9.17. The van der Waals surface area contributed by atoms with Crippen LogP contribution in [0, 0.1) is 0 Å². The van der Waals surface area contributed by atoms with Crippen LogP contribution in [0.2, 0.25) is 0 Å². The molecule has 1 rings (SSSR count). The summed E-state index contributed by atoms with van der Waals surface area (Å²) in [6.45, 7) is 7.19. The molecular weight excluding hydrogens is 180 g/mol. The average Bonchev–Trinajstić information content (AvgIpc) is 2.48. The van der Waals surface area contributed by atoms with Gasteiger partial charge in [0.15, 0.2) is 0 Å². The molecule has 1 saturated heterocycles. The maximum Gasteiger partial charge on any atom is 0.137 e. The Morgan fingerprint density at radius 2 is 2.21 bits per heavy atom. The van der Waals surface area contributed by atoms with E-state index in [1.807, 2.05) is 20.8 Å². The highest BCUT2D eigenvalue weighted by atomic mass is 16.4. The minimum atomic E-state index is -1.08. The second-order valence-corrected chi connectivity index (χ2v) is 4.84. The number of nitrogens with one attached hydrogen (secondary N) is 1. The van der Waals surface area contributed by atoms with Gasteiger partial charge >= 0.3 is 0 Å². The molecule has 1 aliphatic heterocycles. The summed E-state index contributed by atoms with van der Waals surface area (Å²) in [5.41, 5.74) is -0.372. The van der Waals surface area contributed by atoms with Crippen molar-refractivity contribution in [1.29, 1.82) is 0 Å². The summed E-state index contributed by atoms with van der Waals surface area (Å²) < 4.78 is 0. The maximum atomic E-state index is 10.9. The van der Waals surface area contributed by atoms with E-state index < -0.39 is 6.09 Å². The van der Waals surface area contributed by atoms with E-state index in [1.54, 1.807) is 0 Å². The first-order chi connectivity index (χ1) is 6.41. The Kier molecular flexibility index (Phi) is 3.37. The van der Waals surface area contributed by atoms with Crippen LogP contribution in [-0.4, -0.2) is 35.7 Å². The Balaban J connectivity index is 2.55. The number of nitrogens with zero attached hydrogens (tertiary/aromatic N) is 1. The molecule has 82 valence electrons. The number of carboxylic acid groups (broad SMARTS) is 1. The summed E-state index contributed by atoms with van der Waals surface area (Å²) >= 11 is 0. The van der Waals surface area contributed by atoms with Crippen molar-refractivity contribution in [2.75, 3.05) is 13.1 Å². The Hall–Kier alpha value is -0.770. The molecule has 1 atom stereocenters. The lowest BCUT2D eigenvalue weighted by molar-refractivity contribution is -0.270. The van der Waals surface area contributed by atoms with Gasteiger partial charge in [0.05, 0.1) is 0 Å². The Bertz CT molecular complexity index is 205. The molecule has 14 heavy (non-hydrogen) atoms. The molecule has 4 heteroatoms. The van der Waals surface area contributed by atoms with Crippen LogP contribution in [0.25, 0.3) is 0 Å². The number of hydrogen-bond donors (Lipinski definition) is 1. The molecule has 0 aromatic carbocycles. The summed E-state index contributed by atoms with van der Waals surface area (Å²) in [4.78, 5) is 12.3. The third kappa shape index (κ3) is 2.87. The van der Waals surface area contributed by atoms with Crippen LogP contribution in [0.15, 0.2) is 0 Å². The van der Waals surface area contributed by atoms with E-state index in [0.29, 0.717) is 12.6 Å². The van der Waals surface area contributed by atoms with E-state index in [0.717, 1.165) is 19.4 Å². The quantitative estimate of drug-likeness (QED) is 0.690. The third-order valence-electron chi connectivity index (χ3n) is 2.60. The molecule has 1 amide bonds. The van der Waals surface area contributed by atoms with Gasteiger partial charge in [-0.2, -0.15) is 0 Å². The van der Waals surface area contributed by atoms with Crippen LogP contribution < -0.4 is 10.4 Å². The predicted molar refractivity (Wildman–Crippen MR) is 52.9 cm³/mol. The zero-order valence-corrected chi connectivity index (χ0v) is 9.17. The molecule has 0 radical (unpaired) electrons. The molecule has 0 aromatic rings. The van der Waals surface area contributed by atoms with Crippen LogP contribution in [0.3, 0.4) is 0 Å². The first-order valence-electron chi connectivity index (χ1n) is 5.13. The smallest absolute Gasteiger partial charge is 0.137 e. The normalized spacial score (nSPS) is 22.4. The summed E-state index contributed by atoms with van der Waals surface area (Å²) in [5.74, 6) is 0. The molecule has 4 nitrogen and oxygen atoms in total. The fraction of sp³-hybridized carbons (Fsp3) is 0.900. The average molecular weight is 199 g/mol. The van der Waals surface area contributed by atoms with Gasteiger partial charge in [-0.15, -0.1) is 0 Å². The number of rotatable bonds is 2. The molecule has 1 heterocycles. The van der Waals surface area contributed by atoms with Crippen molar-refractivity contribution < 1.29 is 9.90 Å².